The second-order valence-corrected chi connectivity index (χ2v) is 5.23. The SMILES string of the molecule is Cc1c(C(C)NC(C)c2cn[nH]c2)oc2ccccc12. The third-order valence-electron chi connectivity index (χ3n) is 3.79. The van der Waals surface area contributed by atoms with Gasteiger partial charge in [-0.1, -0.05) is 18.2 Å². The van der Waals surface area contributed by atoms with Gasteiger partial charge in [0.1, 0.15) is 11.3 Å². The molecule has 0 bridgehead atoms. The highest BCUT2D eigenvalue weighted by atomic mass is 16.3. The summed E-state index contributed by atoms with van der Waals surface area (Å²) in [5, 5.41) is 11.6. The lowest BCUT2D eigenvalue weighted by Crippen LogP contribution is -2.22. The normalized spacial score (nSPS) is 14.6. The molecular formula is C16H19N3O. The van der Waals surface area contributed by atoms with Crippen LogP contribution in [0, 0.1) is 6.92 Å². The van der Waals surface area contributed by atoms with E-state index in [0.29, 0.717) is 0 Å². The lowest BCUT2D eigenvalue weighted by molar-refractivity contribution is 0.415. The number of aromatic nitrogens is 2. The topological polar surface area (TPSA) is 53.9 Å². The molecule has 104 valence electrons. The Balaban J connectivity index is 1.85. The third kappa shape index (κ3) is 2.23. The number of nitrogens with one attached hydrogen (secondary N) is 2. The van der Waals surface area contributed by atoms with Gasteiger partial charge in [-0.25, -0.2) is 0 Å². The third-order valence-corrected chi connectivity index (χ3v) is 3.79. The molecule has 0 aliphatic carbocycles. The Hall–Kier alpha value is -2.07. The smallest absolute Gasteiger partial charge is 0.134 e. The van der Waals surface area contributed by atoms with Crippen LogP contribution in [-0.4, -0.2) is 10.2 Å². The number of hydrogen-bond donors (Lipinski definition) is 2. The molecule has 0 saturated carbocycles. The lowest BCUT2D eigenvalue weighted by atomic mass is 10.1. The van der Waals surface area contributed by atoms with Crippen molar-refractivity contribution in [1.82, 2.24) is 15.5 Å². The Kier molecular flexibility index (Phi) is 3.32. The van der Waals surface area contributed by atoms with Gasteiger partial charge in [-0.2, -0.15) is 5.10 Å². The van der Waals surface area contributed by atoms with Crippen molar-refractivity contribution >= 4 is 11.0 Å². The van der Waals surface area contributed by atoms with E-state index in [1.165, 1.54) is 10.9 Å². The number of aromatic amines is 1. The van der Waals surface area contributed by atoms with Gasteiger partial charge < -0.3 is 9.73 Å². The zero-order chi connectivity index (χ0) is 14.1. The number of aryl methyl sites for hydroxylation is 1. The zero-order valence-corrected chi connectivity index (χ0v) is 12.0. The number of hydrogen-bond acceptors (Lipinski definition) is 3. The highest BCUT2D eigenvalue weighted by Crippen LogP contribution is 2.30. The standard InChI is InChI=1S/C16H19N3O/c1-10-14-6-4-5-7-15(14)20-16(10)12(3)19-11(2)13-8-17-18-9-13/h4-9,11-12,19H,1-3H3,(H,17,18). The van der Waals surface area contributed by atoms with Crippen LogP contribution in [0.3, 0.4) is 0 Å². The molecule has 0 saturated heterocycles. The molecule has 0 fully saturated rings. The van der Waals surface area contributed by atoms with E-state index in [1.54, 1.807) is 0 Å². The predicted octanol–water partition coefficient (Wildman–Crippen LogP) is 3.88. The molecule has 0 aliphatic rings. The number of H-pyrrole nitrogens is 1. The minimum atomic E-state index is 0.146. The van der Waals surface area contributed by atoms with Crippen LogP contribution in [0.5, 0.6) is 0 Å². The van der Waals surface area contributed by atoms with Crippen molar-refractivity contribution in [1.29, 1.82) is 0 Å². The minimum absolute atomic E-state index is 0.146. The summed E-state index contributed by atoms with van der Waals surface area (Å²) in [4.78, 5) is 0. The molecule has 4 heteroatoms. The first-order valence-corrected chi connectivity index (χ1v) is 6.89. The van der Waals surface area contributed by atoms with Gasteiger partial charge in [0, 0.05) is 23.2 Å². The molecule has 0 spiro atoms. The largest absolute Gasteiger partial charge is 0.459 e. The van der Waals surface area contributed by atoms with Crippen molar-refractivity contribution in [3.05, 3.63) is 53.5 Å². The molecule has 0 aliphatic heterocycles. The molecule has 20 heavy (non-hydrogen) atoms. The number of nitrogens with zero attached hydrogens (tertiary/aromatic N) is 1. The molecule has 3 aromatic rings. The molecular weight excluding hydrogens is 250 g/mol. The van der Waals surface area contributed by atoms with Crippen LogP contribution >= 0.6 is 0 Å². The number of furan rings is 1. The van der Waals surface area contributed by atoms with Gasteiger partial charge in [-0.15, -0.1) is 0 Å². The van der Waals surface area contributed by atoms with Crippen molar-refractivity contribution in [2.75, 3.05) is 0 Å². The lowest BCUT2D eigenvalue weighted by Gasteiger charge is -2.18. The molecule has 2 unspecified atom stereocenters. The highest BCUT2D eigenvalue weighted by molar-refractivity contribution is 5.82. The predicted molar refractivity (Wildman–Crippen MR) is 79.5 cm³/mol. The maximum atomic E-state index is 5.99. The van der Waals surface area contributed by atoms with Crippen molar-refractivity contribution in [3.8, 4) is 0 Å². The molecule has 2 N–H and O–H groups in total. The summed E-state index contributed by atoms with van der Waals surface area (Å²) in [6.07, 6.45) is 3.76. The van der Waals surface area contributed by atoms with Crippen LogP contribution in [0.4, 0.5) is 0 Å². The van der Waals surface area contributed by atoms with Crippen LogP contribution in [-0.2, 0) is 0 Å². The van der Waals surface area contributed by atoms with Crippen LogP contribution in [0.2, 0.25) is 0 Å². The van der Waals surface area contributed by atoms with E-state index < -0.39 is 0 Å². The Bertz CT molecular complexity index is 700. The average molecular weight is 269 g/mol. The highest BCUT2D eigenvalue weighted by Gasteiger charge is 2.18. The Morgan fingerprint density at radius 2 is 2.00 bits per heavy atom. The zero-order valence-electron chi connectivity index (χ0n) is 12.0. The van der Waals surface area contributed by atoms with Gasteiger partial charge in [0.05, 0.1) is 12.2 Å². The maximum absolute atomic E-state index is 5.99. The first-order chi connectivity index (χ1) is 9.66. The summed E-state index contributed by atoms with van der Waals surface area (Å²) < 4.78 is 5.99. The fourth-order valence-electron chi connectivity index (χ4n) is 2.65. The van der Waals surface area contributed by atoms with Crippen LogP contribution in [0.15, 0.2) is 41.1 Å². The van der Waals surface area contributed by atoms with E-state index in [1.807, 2.05) is 30.6 Å². The molecule has 0 radical (unpaired) electrons. The Labute approximate surface area is 118 Å². The summed E-state index contributed by atoms with van der Waals surface area (Å²) in [6.45, 7) is 6.36. The van der Waals surface area contributed by atoms with Gasteiger partial charge in [0.2, 0.25) is 0 Å². The molecule has 0 amide bonds. The van der Waals surface area contributed by atoms with Crippen molar-refractivity contribution in [2.24, 2.45) is 0 Å². The van der Waals surface area contributed by atoms with Gasteiger partial charge in [-0.3, -0.25) is 5.10 Å². The molecule has 2 heterocycles. The molecule has 3 rings (SSSR count). The fraction of sp³-hybridized carbons (Fsp3) is 0.312. The molecule has 1 aromatic carbocycles. The molecule has 2 atom stereocenters. The number of para-hydroxylation sites is 1. The molecule has 4 nitrogen and oxygen atoms in total. The van der Waals surface area contributed by atoms with E-state index >= 15 is 0 Å². The first kappa shape index (κ1) is 12.9. The van der Waals surface area contributed by atoms with Crippen molar-refractivity contribution < 1.29 is 4.42 Å². The van der Waals surface area contributed by atoms with Gasteiger partial charge in [0.25, 0.3) is 0 Å². The summed E-state index contributed by atoms with van der Waals surface area (Å²) in [6, 6.07) is 8.52. The van der Waals surface area contributed by atoms with Gasteiger partial charge in [-0.05, 0) is 32.4 Å². The summed E-state index contributed by atoms with van der Waals surface area (Å²) >= 11 is 0. The van der Waals surface area contributed by atoms with E-state index in [-0.39, 0.29) is 12.1 Å². The second-order valence-electron chi connectivity index (χ2n) is 5.23. The van der Waals surface area contributed by atoms with E-state index in [0.717, 1.165) is 16.9 Å². The van der Waals surface area contributed by atoms with E-state index in [9.17, 15) is 0 Å². The number of fused-ring (bicyclic) bond motifs is 1. The maximum Gasteiger partial charge on any atom is 0.134 e. The van der Waals surface area contributed by atoms with Gasteiger partial charge >= 0.3 is 0 Å². The fourth-order valence-corrected chi connectivity index (χ4v) is 2.65. The van der Waals surface area contributed by atoms with Crippen molar-refractivity contribution in [2.45, 2.75) is 32.9 Å². The van der Waals surface area contributed by atoms with Crippen LogP contribution in [0.1, 0.15) is 42.8 Å². The van der Waals surface area contributed by atoms with Gasteiger partial charge in [0.15, 0.2) is 0 Å². The van der Waals surface area contributed by atoms with E-state index in [2.05, 4.69) is 42.4 Å². The van der Waals surface area contributed by atoms with Crippen molar-refractivity contribution in [3.63, 3.8) is 0 Å². The Morgan fingerprint density at radius 1 is 1.20 bits per heavy atom. The average Bonchev–Trinajstić information content (AvgIpc) is 3.07. The number of benzene rings is 1. The monoisotopic (exact) mass is 269 g/mol. The Morgan fingerprint density at radius 3 is 2.70 bits per heavy atom. The van der Waals surface area contributed by atoms with E-state index in [4.69, 9.17) is 4.42 Å². The summed E-state index contributed by atoms with van der Waals surface area (Å²) in [5.74, 6) is 1.00. The minimum Gasteiger partial charge on any atom is -0.459 e. The summed E-state index contributed by atoms with van der Waals surface area (Å²) in [7, 11) is 0. The number of rotatable bonds is 4. The van der Waals surface area contributed by atoms with Crippen LogP contribution in [0.25, 0.3) is 11.0 Å². The summed E-state index contributed by atoms with van der Waals surface area (Å²) in [5.41, 5.74) is 3.30. The first-order valence-electron chi connectivity index (χ1n) is 6.89. The quantitative estimate of drug-likeness (QED) is 0.755. The molecule has 2 aromatic heterocycles. The second kappa shape index (κ2) is 5.13. The van der Waals surface area contributed by atoms with Crippen LogP contribution < -0.4 is 5.32 Å².